The van der Waals surface area contributed by atoms with Gasteiger partial charge in [0.15, 0.2) is 5.96 Å². The summed E-state index contributed by atoms with van der Waals surface area (Å²) in [4.78, 5) is 17.5. The van der Waals surface area contributed by atoms with Crippen LogP contribution in [0.2, 0.25) is 0 Å². The van der Waals surface area contributed by atoms with Gasteiger partial charge in [0, 0.05) is 40.4 Å². The maximum Gasteiger partial charge on any atom is 0.243 e. The van der Waals surface area contributed by atoms with Crippen molar-refractivity contribution in [3.05, 3.63) is 0 Å². The predicted molar refractivity (Wildman–Crippen MR) is 103 cm³/mol. The average molecular weight is 428 g/mol. The number of carbonyl (C=O) groups excluding carboxylic acids is 1. The van der Waals surface area contributed by atoms with E-state index in [-0.39, 0.29) is 36.4 Å². The number of amides is 1. The molecule has 0 bridgehead atoms. The van der Waals surface area contributed by atoms with Gasteiger partial charge < -0.3 is 20.3 Å². The van der Waals surface area contributed by atoms with Crippen LogP contribution in [-0.2, 0) is 9.53 Å². The molecule has 0 radical (unpaired) electrons. The van der Waals surface area contributed by atoms with Crippen molar-refractivity contribution in [2.24, 2.45) is 10.9 Å². The summed E-state index contributed by atoms with van der Waals surface area (Å²) < 4.78 is 5.30. The number of ether oxygens (including phenoxy) is 1. The van der Waals surface area contributed by atoms with E-state index in [9.17, 15) is 4.79 Å². The van der Waals surface area contributed by atoms with Crippen molar-refractivity contribution in [2.45, 2.75) is 33.6 Å². The molecule has 0 aliphatic carbocycles. The summed E-state index contributed by atoms with van der Waals surface area (Å²) in [7, 11) is 3.47. The lowest BCUT2D eigenvalue weighted by molar-refractivity contribution is -0.127. The molecule has 132 valence electrons. The van der Waals surface area contributed by atoms with E-state index in [4.69, 9.17) is 4.74 Å². The number of nitrogens with one attached hydrogen (secondary N) is 2. The third kappa shape index (κ3) is 14.4. The van der Waals surface area contributed by atoms with E-state index in [2.05, 4.69) is 29.5 Å². The number of guanidine groups is 1. The quantitative estimate of drug-likeness (QED) is 0.241. The Bertz CT molecular complexity index is 310. The van der Waals surface area contributed by atoms with Crippen molar-refractivity contribution in [3.8, 4) is 0 Å². The predicted octanol–water partition coefficient (Wildman–Crippen LogP) is 1.70. The number of hydrogen-bond donors (Lipinski definition) is 2. The van der Waals surface area contributed by atoms with Crippen LogP contribution in [0, 0.1) is 5.92 Å². The highest BCUT2D eigenvalue weighted by Crippen LogP contribution is 1.90. The molecule has 0 atom stereocenters. The molecule has 0 spiro atoms. The van der Waals surface area contributed by atoms with Gasteiger partial charge in [-0.15, -0.1) is 24.0 Å². The first kappa shape index (κ1) is 23.7. The molecular formula is C15H33IN4O2. The average Bonchev–Trinajstić information content (AvgIpc) is 2.43. The van der Waals surface area contributed by atoms with Gasteiger partial charge in [-0.25, -0.2) is 4.99 Å². The fourth-order valence-electron chi connectivity index (χ4n) is 1.44. The summed E-state index contributed by atoms with van der Waals surface area (Å²) in [6.07, 6.45) is 2.04. The van der Waals surface area contributed by atoms with Crippen LogP contribution in [0.25, 0.3) is 0 Å². The van der Waals surface area contributed by atoms with E-state index in [0.29, 0.717) is 11.9 Å². The van der Waals surface area contributed by atoms with Crippen molar-refractivity contribution in [1.82, 2.24) is 15.5 Å². The highest BCUT2D eigenvalue weighted by molar-refractivity contribution is 14.0. The molecule has 7 heteroatoms. The van der Waals surface area contributed by atoms with Gasteiger partial charge in [0.25, 0.3) is 0 Å². The molecule has 0 aliphatic rings. The van der Waals surface area contributed by atoms with Crippen molar-refractivity contribution in [3.63, 3.8) is 0 Å². The zero-order valence-corrected chi connectivity index (χ0v) is 17.0. The number of rotatable bonds is 10. The van der Waals surface area contributed by atoms with Crippen molar-refractivity contribution in [1.29, 1.82) is 0 Å². The molecule has 0 heterocycles. The Hall–Kier alpha value is -0.570. The first-order valence-corrected chi connectivity index (χ1v) is 7.77. The summed E-state index contributed by atoms with van der Waals surface area (Å²) >= 11 is 0. The summed E-state index contributed by atoms with van der Waals surface area (Å²) in [6.45, 7) is 9.66. The van der Waals surface area contributed by atoms with Gasteiger partial charge in [-0.3, -0.25) is 4.79 Å². The number of nitrogens with zero attached hydrogens (tertiary/aromatic N) is 2. The molecule has 0 aromatic carbocycles. The SMILES string of the molecule is CCOCCCCNC(=NCC(=O)N(C)C)NCC(C)C.I. The van der Waals surface area contributed by atoms with Crippen LogP contribution in [0.3, 0.4) is 0 Å². The van der Waals surface area contributed by atoms with Gasteiger partial charge in [0.05, 0.1) is 0 Å². The third-order valence-electron chi connectivity index (χ3n) is 2.76. The smallest absolute Gasteiger partial charge is 0.243 e. The largest absolute Gasteiger partial charge is 0.382 e. The van der Waals surface area contributed by atoms with Crippen molar-refractivity contribution in [2.75, 3.05) is 46.9 Å². The van der Waals surface area contributed by atoms with Crippen LogP contribution < -0.4 is 10.6 Å². The Morgan fingerprint density at radius 3 is 2.45 bits per heavy atom. The van der Waals surface area contributed by atoms with Gasteiger partial charge in [-0.1, -0.05) is 13.8 Å². The zero-order chi connectivity index (χ0) is 16.1. The normalized spacial score (nSPS) is 11.1. The number of halogens is 1. The first-order chi connectivity index (χ1) is 9.97. The fourth-order valence-corrected chi connectivity index (χ4v) is 1.44. The van der Waals surface area contributed by atoms with Crippen LogP contribution in [0.1, 0.15) is 33.6 Å². The number of unbranched alkanes of at least 4 members (excludes halogenated alkanes) is 1. The first-order valence-electron chi connectivity index (χ1n) is 7.77. The molecule has 0 unspecified atom stereocenters. The summed E-state index contributed by atoms with van der Waals surface area (Å²) in [5.74, 6) is 1.23. The van der Waals surface area contributed by atoms with Gasteiger partial charge in [0.1, 0.15) is 6.54 Å². The molecule has 0 saturated heterocycles. The molecule has 6 nitrogen and oxygen atoms in total. The van der Waals surface area contributed by atoms with E-state index in [1.165, 1.54) is 0 Å². The molecule has 22 heavy (non-hydrogen) atoms. The summed E-state index contributed by atoms with van der Waals surface area (Å²) in [6, 6.07) is 0. The van der Waals surface area contributed by atoms with Crippen LogP contribution >= 0.6 is 24.0 Å². The fraction of sp³-hybridized carbons (Fsp3) is 0.867. The monoisotopic (exact) mass is 428 g/mol. The third-order valence-corrected chi connectivity index (χ3v) is 2.76. The van der Waals surface area contributed by atoms with Gasteiger partial charge >= 0.3 is 0 Å². The topological polar surface area (TPSA) is 66.0 Å². The Labute approximate surface area is 152 Å². The molecule has 0 saturated carbocycles. The maximum absolute atomic E-state index is 11.6. The Balaban J connectivity index is 0. The van der Waals surface area contributed by atoms with Crippen molar-refractivity contribution >= 4 is 35.8 Å². The molecule has 1 amide bonds. The number of likely N-dealkylation sites (N-methyl/N-ethyl adjacent to an activating group) is 1. The minimum atomic E-state index is -0.00278. The molecule has 0 aromatic heterocycles. The van der Waals surface area contributed by atoms with Gasteiger partial charge in [-0.05, 0) is 25.7 Å². The molecular weight excluding hydrogens is 395 g/mol. The lowest BCUT2D eigenvalue weighted by Crippen LogP contribution is -2.40. The van der Waals surface area contributed by atoms with Crippen LogP contribution in [0.4, 0.5) is 0 Å². The molecule has 0 aliphatic heterocycles. The van der Waals surface area contributed by atoms with Crippen LogP contribution in [-0.4, -0.2) is 63.7 Å². The van der Waals surface area contributed by atoms with E-state index in [1.807, 2.05) is 6.92 Å². The second kappa shape index (κ2) is 15.3. The highest BCUT2D eigenvalue weighted by atomic mass is 127. The minimum absolute atomic E-state index is 0. The molecule has 0 fully saturated rings. The summed E-state index contributed by atoms with van der Waals surface area (Å²) in [5, 5.41) is 6.51. The standard InChI is InChI=1S/C15H32N4O2.HI/c1-6-21-10-8-7-9-16-15(17-11-13(2)3)18-12-14(20)19(4)5;/h13H,6-12H2,1-5H3,(H2,16,17,18);1H. The van der Waals surface area contributed by atoms with E-state index >= 15 is 0 Å². The Kier molecular flexibility index (Phi) is 16.5. The van der Waals surface area contributed by atoms with Crippen molar-refractivity contribution < 1.29 is 9.53 Å². The van der Waals surface area contributed by atoms with E-state index in [1.54, 1.807) is 19.0 Å². The number of hydrogen-bond acceptors (Lipinski definition) is 3. The Morgan fingerprint density at radius 2 is 1.91 bits per heavy atom. The maximum atomic E-state index is 11.6. The Morgan fingerprint density at radius 1 is 1.23 bits per heavy atom. The van der Waals surface area contributed by atoms with Crippen LogP contribution in [0.15, 0.2) is 4.99 Å². The lowest BCUT2D eigenvalue weighted by Gasteiger charge is -2.15. The zero-order valence-electron chi connectivity index (χ0n) is 14.6. The minimum Gasteiger partial charge on any atom is -0.382 e. The summed E-state index contributed by atoms with van der Waals surface area (Å²) in [5.41, 5.74) is 0. The van der Waals surface area contributed by atoms with E-state index in [0.717, 1.165) is 39.1 Å². The van der Waals surface area contributed by atoms with Crippen LogP contribution in [0.5, 0.6) is 0 Å². The number of carbonyl (C=O) groups is 1. The second-order valence-corrected chi connectivity index (χ2v) is 5.56. The molecule has 0 rings (SSSR count). The highest BCUT2D eigenvalue weighted by Gasteiger charge is 2.04. The van der Waals surface area contributed by atoms with E-state index < -0.39 is 0 Å². The molecule has 0 aromatic rings. The number of aliphatic imine (C=N–C) groups is 1. The van der Waals surface area contributed by atoms with Gasteiger partial charge in [-0.2, -0.15) is 0 Å². The lowest BCUT2D eigenvalue weighted by atomic mass is 10.2. The second-order valence-electron chi connectivity index (χ2n) is 5.56. The molecule has 2 N–H and O–H groups in total. The van der Waals surface area contributed by atoms with Gasteiger partial charge in [0.2, 0.25) is 5.91 Å².